The number of aromatic nitrogens is 1. The van der Waals surface area contributed by atoms with Gasteiger partial charge in [-0.25, -0.2) is 0 Å². The van der Waals surface area contributed by atoms with Crippen molar-refractivity contribution in [2.24, 2.45) is 0 Å². The lowest BCUT2D eigenvalue weighted by molar-refractivity contribution is 0.819. The zero-order valence-electron chi connectivity index (χ0n) is 29.9. The molecule has 0 N–H and O–H groups in total. The summed E-state index contributed by atoms with van der Waals surface area (Å²) in [4.78, 5) is 2.39. The molecule has 256 valence electrons. The van der Waals surface area contributed by atoms with E-state index in [-0.39, 0.29) is 5.92 Å². The third-order valence-electron chi connectivity index (χ3n) is 10.9. The molecule has 2 nitrogen and oxygen atoms in total. The van der Waals surface area contributed by atoms with Crippen molar-refractivity contribution >= 4 is 44.8 Å². The molecule has 1 aromatic heterocycles. The third-order valence-corrected chi connectivity index (χ3v) is 10.9. The molecule has 0 saturated carbocycles. The highest BCUT2D eigenvalue weighted by Crippen LogP contribution is 2.46. The van der Waals surface area contributed by atoms with Crippen LogP contribution >= 0.6 is 0 Å². The highest BCUT2D eigenvalue weighted by atomic mass is 15.1. The number of hydrogen-bond donors (Lipinski definition) is 0. The molecule has 2 heteroatoms. The summed E-state index contributed by atoms with van der Waals surface area (Å²) in [7, 11) is 0. The Morgan fingerprint density at radius 3 is 1.76 bits per heavy atom. The summed E-state index contributed by atoms with van der Waals surface area (Å²) in [5.41, 5.74) is 14.7. The van der Waals surface area contributed by atoms with Crippen LogP contribution in [-0.4, -0.2) is 4.57 Å². The van der Waals surface area contributed by atoms with Gasteiger partial charge < -0.3 is 9.47 Å². The van der Waals surface area contributed by atoms with Crippen LogP contribution in [0.4, 0.5) is 17.1 Å². The SMILES string of the molecule is C1=Cc2c(c3cc4ccccc4cc3n2-c2ccccc2)C(c2cccc(N(c3ccccc3)c3ccc(-c4ccccc4-c4ccccc4)cc3)c2)C1. The topological polar surface area (TPSA) is 8.17 Å². The number of fused-ring (bicyclic) bond motifs is 4. The van der Waals surface area contributed by atoms with E-state index in [1.165, 1.54) is 66.4 Å². The number of nitrogens with zero attached hydrogens (tertiary/aromatic N) is 2. The Balaban J connectivity index is 1.09. The highest BCUT2D eigenvalue weighted by molar-refractivity contribution is 6.02. The summed E-state index contributed by atoms with van der Waals surface area (Å²) in [6.45, 7) is 0. The van der Waals surface area contributed by atoms with Gasteiger partial charge in [-0.05, 0) is 117 Å². The van der Waals surface area contributed by atoms with Crippen LogP contribution in [-0.2, 0) is 0 Å². The summed E-state index contributed by atoms with van der Waals surface area (Å²) in [6.07, 6.45) is 5.64. The Labute approximate surface area is 316 Å². The smallest absolute Gasteiger partial charge is 0.0544 e. The largest absolute Gasteiger partial charge is 0.310 e. The first-order valence-electron chi connectivity index (χ1n) is 18.8. The van der Waals surface area contributed by atoms with Crippen LogP contribution in [0.25, 0.3) is 55.7 Å². The fraction of sp³-hybridized carbons (Fsp3) is 0.0385. The van der Waals surface area contributed by atoms with Gasteiger partial charge >= 0.3 is 0 Å². The Morgan fingerprint density at radius 1 is 0.463 bits per heavy atom. The number of benzene rings is 8. The maximum Gasteiger partial charge on any atom is 0.0544 e. The van der Waals surface area contributed by atoms with Crippen molar-refractivity contribution in [3.8, 4) is 27.9 Å². The van der Waals surface area contributed by atoms with Gasteiger partial charge in [-0.2, -0.15) is 0 Å². The Morgan fingerprint density at radius 2 is 1.04 bits per heavy atom. The van der Waals surface area contributed by atoms with Crippen LogP contribution in [0.5, 0.6) is 0 Å². The zero-order valence-corrected chi connectivity index (χ0v) is 29.9. The van der Waals surface area contributed by atoms with Crippen LogP contribution in [0.2, 0.25) is 0 Å². The van der Waals surface area contributed by atoms with Gasteiger partial charge in [0.1, 0.15) is 0 Å². The van der Waals surface area contributed by atoms with Crippen molar-refractivity contribution < 1.29 is 0 Å². The van der Waals surface area contributed by atoms with Crippen molar-refractivity contribution in [2.45, 2.75) is 12.3 Å². The first-order valence-corrected chi connectivity index (χ1v) is 18.8. The van der Waals surface area contributed by atoms with Crippen LogP contribution < -0.4 is 4.90 Å². The third kappa shape index (κ3) is 5.60. The summed E-state index contributed by atoms with van der Waals surface area (Å²) in [6, 6.07) is 72.6. The minimum absolute atomic E-state index is 0.202. The fourth-order valence-corrected chi connectivity index (χ4v) is 8.44. The van der Waals surface area contributed by atoms with Crippen molar-refractivity contribution in [1.82, 2.24) is 4.57 Å². The summed E-state index contributed by atoms with van der Waals surface area (Å²) < 4.78 is 2.46. The molecular formula is C52H38N2. The quantitative estimate of drug-likeness (QED) is 0.162. The van der Waals surface area contributed by atoms with Crippen LogP contribution in [0, 0.1) is 0 Å². The number of hydrogen-bond acceptors (Lipinski definition) is 1. The second-order valence-corrected chi connectivity index (χ2v) is 14.1. The number of para-hydroxylation sites is 2. The van der Waals surface area contributed by atoms with E-state index in [2.05, 4.69) is 222 Å². The molecule has 0 spiro atoms. The fourth-order valence-electron chi connectivity index (χ4n) is 8.44. The van der Waals surface area contributed by atoms with Gasteiger partial charge in [-0.1, -0.05) is 146 Å². The first-order chi connectivity index (χ1) is 26.8. The average Bonchev–Trinajstić information content (AvgIpc) is 3.57. The van der Waals surface area contributed by atoms with E-state index in [9.17, 15) is 0 Å². The summed E-state index contributed by atoms with van der Waals surface area (Å²) in [5.74, 6) is 0.202. The van der Waals surface area contributed by atoms with Crippen LogP contribution in [0.3, 0.4) is 0 Å². The maximum atomic E-state index is 2.46. The standard InChI is InChI=1S/C52H38N2/c1-4-16-37(17-5-1)46-26-12-13-27-47(46)38-30-32-44(33-31-38)53(42-21-6-2-7-22-42)45-25-14-20-41(34-45)48-28-15-29-50-52(48)49-35-39-18-10-11-19-40(39)36-51(49)54(50)43-23-8-3-9-24-43/h1-27,29-36,48H,28H2. The molecule has 1 heterocycles. The van der Waals surface area contributed by atoms with Gasteiger partial charge in [0.2, 0.25) is 0 Å². The number of rotatable bonds is 7. The van der Waals surface area contributed by atoms with Crippen LogP contribution in [0.1, 0.15) is 29.2 Å². The highest BCUT2D eigenvalue weighted by Gasteiger charge is 2.28. The molecule has 54 heavy (non-hydrogen) atoms. The van der Waals surface area contributed by atoms with Crippen molar-refractivity contribution in [2.75, 3.05) is 4.90 Å². The number of allylic oxidation sites excluding steroid dienone is 1. The summed E-state index contributed by atoms with van der Waals surface area (Å²) >= 11 is 0. The molecule has 0 bridgehead atoms. The maximum absolute atomic E-state index is 2.46. The summed E-state index contributed by atoms with van der Waals surface area (Å²) in [5, 5.41) is 3.84. The minimum Gasteiger partial charge on any atom is -0.310 e. The van der Waals surface area contributed by atoms with Crippen molar-refractivity contribution in [3.05, 3.63) is 223 Å². The van der Waals surface area contributed by atoms with E-state index in [1.807, 2.05) is 0 Å². The van der Waals surface area contributed by atoms with E-state index in [1.54, 1.807) is 0 Å². The van der Waals surface area contributed by atoms with Gasteiger partial charge in [0, 0.05) is 34.1 Å². The Bertz CT molecular complexity index is 2780. The molecule has 0 aliphatic heterocycles. The minimum atomic E-state index is 0.202. The van der Waals surface area contributed by atoms with Gasteiger partial charge in [0.25, 0.3) is 0 Å². The Kier molecular flexibility index (Phi) is 8.00. The van der Waals surface area contributed by atoms with Gasteiger partial charge in [0.05, 0.1) is 11.2 Å². The molecule has 9 aromatic rings. The molecule has 0 radical (unpaired) electrons. The predicted octanol–water partition coefficient (Wildman–Crippen LogP) is 14.1. The molecule has 1 aliphatic rings. The molecule has 0 fully saturated rings. The molecule has 1 unspecified atom stereocenters. The molecule has 0 saturated heterocycles. The lowest BCUT2D eigenvalue weighted by Gasteiger charge is -2.28. The van der Waals surface area contributed by atoms with E-state index >= 15 is 0 Å². The molecule has 8 aromatic carbocycles. The molecule has 10 rings (SSSR count). The van der Waals surface area contributed by atoms with E-state index in [0.717, 1.165) is 23.5 Å². The first kappa shape index (κ1) is 31.8. The average molecular weight is 691 g/mol. The predicted molar refractivity (Wildman–Crippen MR) is 228 cm³/mol. The van der Waals surface area contributed by atoms with Gasteiger partial charge in [-0.3, -0.25) is 0 Å². The zero-order chi connectivity index (χ0) is 35.8. The van der Waals surface area contributed by atoms with Crippen molar-refractivity contribution in [1.29, 1.82) is 0 Å². The number of anilines is 3. The molecular weight excluding hydrogens is 653 g/mol. The van der Waals surface area contributed by atoms with Crippen molar-refractivity contribution in [3.63, 3.8) is 0 Å². The lowest BCUT2D eigenvalue weighted by atomic mass is 9.83. The van der Waals surface area contributed by atoms with E-state index < -0.39 is 0 Å². The monoisotopic (exact) mass is 690 g/mol. The second kappa shape index (κ2) is 13.6. The van der Waals surface area contributed by atoms with Gasteiger partial charge in [-0.15, -0.1) is 0 Å². The Hall–Kier alpha value is -6.90. The van der Waals surface area contributed by atoms with Gasteiger partial charge in [0.15, 0.2) is 0 Å². The molecule has 1 atom stereocenters. The normalized spacial score (nSPS) is 13.6. The molecule has 0 amide bonds. The lowest BCUT2D eigenvalue weighted by Crippen LogP contribution is -2.12. The van der Waals surface area contributed by atoms with E-state index in [4.69, 9.17) is 0 Å². The van der Waals surface area contributed by atoms with Crippen LogP contribution in [0.15, 0.2) is 206 Å². The second-order valence-electron chi connectivity index (χ2n) is 14.1. The van der Waals surface area contributed by atoms with E-state index in [0.29, 0.717) is 0 Å². The molecule has 1 aliphatic carbocycles.